The first-order valence-electron chi connectivity index (χ1n) is 16.8. The number of hydrogen-bond donors (Lipinski definition) is 3. The van der Waals surface area contributed by atoms with Crippen molar-refractivity contribution in [1.29, 1.82) is 0 Å². The molecular weight excluding hydrogens is 874 g/mol. The first kappa shape index (κ1) is 41.9. The van der Waals surface area contributed by atoms with Crippen LogP contribution in [-0.2, 0) is 29.6 Å². The summed E-state index contributed by atoms with van der Waals surface area (Å²) in [5, 5.41) is 12.2. The van der Waals surface area contributed by atoms with Crippen LogP contribution in [-0.4, -0.2) is 88.7 Å². The van der Waals surface area contributed by atoms with Gasteiger partial charge in [0.1, 0.15) is 31.9 Å². The number of hydrogen-bond acceptors (Lipinski definition) is 10. The van der Waals surface area contributed by atoms with E-state index >= 15 is 0 Å². The molecule has 1 atom stereocenters. The van der Waals surface area contributed by atoms with Crippen LogP contribution in [0.1, 0.15) is 64.2 Å². The van der Waals surface area contributed by atoms with Crippen LogP contribution in [0, 0.1) is 11.8 Å². The van der Waals surface area contributed by atoms with Crippen LogP contribution in [0.25, 0.3) is 0 Å². The van der Waals surface area contributed by atoms with E-state index in [0.29, 0.717) is 56.9 Å². The molecule has 51 heavy (non-hydrogen) atoms. The zero-order chi connectivity index (χ0) is 37.2. The second-order valence-electron chi connectivity index (χ2n) is 12.7. The summed E-state index contributed by atoms with van der Waals surface area (Å²) in [5.41, 5.74) is 0. The maximum atomic E-state index is 13.1. The predicted octanol–water partition coefficient (Wildman–Crippen LogP) is 6.62. The maximum Gasteiger partial charge on any atom is 0.407 e. The Bertz CT molecular complexity index is 1710. The van der Waals surface area contributed by atoms with Crippen molar-refractivity contribution in [2.75, 3.05) is 44.2 Å². The molecule has 0 aromatic carbocycles. The molecule has 4 heterocycles. The molecule has 4 rings (SSSR count). The summed E-state index contributed by atoms with van der Waals surface area (Å²) in [6.07, 6.45) is 9.85. The molecule has 0 saturated carbocycles. The number of alkyl carbamates (subject to hydrolysis) is 1. The number of pyridine rings is 1. The van der Waals surface area contributed by atoms with E-state index < -0.39 is 38.2 Å². The van der Waals surface area contributed by atoms with Gasteiger partial charge < -0.3 is 20.1 Å². The van der Waals surface area contributed by atoms with Crippen molar-refractivity contribution in [3.8, 4) is 0 Å². The van der Waals surface area contributed by atoms with Crippen molar-refractivity contribution < 1.29 is 36.3 Å². The second-order valence-corrected chi connectivity index (χ2v) is 19.9. The third kappa shape index (κ3) is 12.1. The number of aliphatic carboxylic acids is 1. The van der Waals surface area contributed by atoms with Crippen LogP contribution < -0.4 is 14.9 Å². The van der Waals surface area contributed by atoms with Crippen LogP contribution in [0.15, 0.2) is 49.0 Å². The van der Waals surface area contributed by atoms with Gasteiger partial charge in [-0.25, -0.2) is 26.6 Å². The molecule has 0 spiro atoms. The van der Waals surface area contributed by atoms with E-state index in [0.717, 1.165) is 69.4 Å². The first-order valence-corrected chi connectivity index (χ1v) is 22.5. The number of ether oxygens (including phenoxy) is 1. The molecule has 13 nitrogen and oxygen atoms in total. The van der Waals surface area contributed by atoms with E-state index in [-0.39, 0.29) is 28.7 Å². The molecule has 3 N–H and O–H groups in total. The Balaban J connectivity index is 1.18. The lowest BCUT2D eigenvalue weighted by Gasteiger charge is -2.34. The number of carboxylic acids is 1. The number of nitrogens with zero attached hydrogens (tertiary/aromatic N) is 3. The molecule has 2 fully saturated rings. The van der Waals surface area contributed by atoms with E-state index in [9.17, 15) is 31.5 Å². The van der Waals surface area contributed by atoms with Gasteiger partial charge >= 0.3 is 12.1 Å². The number of piperidine rings is 2. The predicted molar refractivity (Wildman–Crippen MR) is 204 cm³/mol. The van der Waals surface area contributed by atoms with Crippen molar-refractivity contribution in [2.24, 2.45) is 11.8 Å². The van der Waals surface area contributed by atoms with Crippen LogP contribution >= 0.6 is 54.8 Å². The molecule has 2 aromatic heterocycles. The van der Waals surface area contributed by atoms with Crippen molar-refractivity contribution >= 4 is 92.7 Å². The van der Waals surface area contributed by atoms with Crippen LogP contribution in [0.3, 0.4) is 0 Å². The number of carbonyl (C=O) groups excluding carboxylic acids is 1. The Hall–Kier alpha value is -1.80. The number of rotatable bonds is 18. The number of unbranched alkanes of at least 4 members (excludes halogenated alkanes) is 1. The average Bonchev–Trinajstić information content (AvgIpc) is 3.45. The average molecular weight is 918 g/mol. The number of anilines is 1. The highest BCUT2D eigenvalue weighted by Gasteiger charge is 2.32. The summed E-state index contributed by atoms with van der Waals surface area (Å²) in [5.74, 6) is 0.419. The van der Waals surface area contributed by atoms with Gasteiger partial charge in [0.2, 0.25) is 10.0 Å². The molecular formula is C32H44Br2ClN5O8S3. The third-order valence-electron chi connectivity index (χ3n) is 9.15. The Morgan fingerprint density at radius 1 is 1.04 bits per heavy atom. The summed E-state index contributed by atoms with van der Waals surface area (Å²) in [6.45, 7) is 6.39. The van der Waals surface area contributed by atoms with Gasteiger partial charge in [0.05, 0.1) is 4.47 Å². The van der Waals surface area contributed by atoms with E-state index in [1.54, 1.807) is 10.4 Å². The van der Waals surface area contributed by atoms with E-state index in [1.807, 2.05) is 0 Å². The molecule has 1 unspecified atom stereocenters. The van der Waals surface area contributed by atoms with Gasteiger partial charge in [-0.2, -0.15) is 9.03 Å². The number of aromatic nitrogens is 1. The van der Waals surface area contributed by atoms with E-state index in [2.05, 4.69) is 58.4 Å². The number of amides is 1. The maximum absolute atomic E-state index is 13.1. The lowest BCUT2D eigenvalue weighted by molar-refractivity contribution is -0.139. The van der Waals surface area contributed by atoms with Crippen LogP contribution in [0.4, 0.5) is 10.6 Å². The highest BCUT2D eigenvalue weighted by molar-refractivity contribution is 9.11. The molecule has 0 bridgehead atoms. The first-order chi connectivity index (χ1) is 24.2. The van der Waals surface area contributed by atoms with Gasteiger partial charge in [-0.3, -0.25) is 4.79 Å². The van der Waals surface area contributed by atoms with Crippen LogP contribution in [0.2, 0.25) is 4.34 Å². The van der Waals surface area contributed by atoms with Crippen molar-refractivity contribution in [2.45, 2.75) is 79.4 Å². The fourth-order valence-corrected chi connectivity index (χ4v) is 12.1. The van der Waals surface area contributed by atoms with Crippen LogP contribution in [0.5, 0.6) is 0 Å². The molecule has 2 aliphatic rings. The Labute approximate surface area is 325 Å². The standard InChI is InChI=1S/C32H44Br2ClN5O8S3/c1-2-18-48-32(43)36-13-4-3-8-27(31(41)42)38-50(44,45)24-19-26(34)30(37-21-24)39-14-9-22(10-15-39)6-5-7-23-11-16-40(17-12-23)51(46,47)28-20-25(33)29(35)49-28/h2,19-23,27,38H,1,3-18H2,(H,36,43)(H,41,42). The minimum Gasteiger partial charge on any atom is -0.480 e. The number of halogens is 3. The SMILES string of the molecule is C=CCOC(=O)NCCCCC(NS(=O)(=O)c1cnc(N2CCC(CCCC3CCN(S(=O)(=O)c4cc(Br)c(Cl)s4)CC3)CC2)c(Br)c1)C(=O)O. The summed E-state index contributed by atoms with van der Waals surface area (Å²) >= 11 is 13.9. The fraction of sp³-hybridized carbons (Fsp3) is 0.594. The summed E-state index contributed by atoms with van der Waals surface area (Å²) in [6, 6.07) is 1.67. The highest BCUT2D eigenvalue weighted by Crippen LogP contribution is 2.37. The number of thiophene rings is 1. The van der Waals surface area contributed by atoms with E-state index in [4.69, 9.17) is 16.3 Å². The van der Waals surface area contributed by atoms with Gasteiger partial charge in [-0.15, -0.1) is 11.3 Å². The lowest BCUT2D eigenvalue weighted by Crippen LogP contribution is -2.41. The van der Waals surface area contributed by atoms with Gasteiger partial charge in [-0.1, -0.05) is 43.5 Å². The monoisotopic (exact) mass is 915 g/mol. The smallest absolute Gasteiger partial charge is 0.407 e. The Morgan fingerprint density at radius 2 is 1.69 bits per heavy atom. The third-order valence-corrected chi connectivity index (χ3v) is 16.0. The number of carboxylic acid groups (broad SMARTS) is 1. The lowest BCUT2D eigenvalue weighted by atomic mass is 9.87. The summed E-state index contributed by atoms with van der Waals surface area (Å²) < 4.78 is 62.7. The minimum atomic E-state index is -4.17. The molecule has 19 heteroatoms. The van der Waals surface area contributed by atoms with Crippen molar-refractivity contribution in [3.63, 3.8) is 0 Å². The molecule has 2 aromatic rings. The topological polar surface area (TPSA) is 175 Å². The van der Waals surface area contributed by atoms with Gasteiger partial charge in [0.15, 0.2) is 0 Å². The molecule has 0 aliphatic carbocycles. The minimum absolute atomic E-state index is 0.0354. The van der Waals surface area contributed by atoms with Crippen molar-refractivity contribution in [1.82, 2.24) is 19.3 Å². The van der Waals surface area contributed by atoms with E-state index in [1.165, 1.54) is 18.3 Å². The summed E-state index contributed by atoms with van der Waals surface area (Å²) in [4.78, 5) is 29.7. The molecule has 2 saturated heterocycles. The number of carbonyl (C=O) groups is 2. The number of nitrogens with one attached hydrogen (secondary N) is 2. The molecule has 2 aliphatic heterocycles. The zero-order valence-corrected chi connectivity index (χ0v) is 34.4. The van der Waals surface area contributed by atoms with Gasteiger partial charge in [-0.05, 0) is 101 Å². The largest absolute Gasteiger partial charge is 0.480 e. The van der Waals surface area contributed by atoms with Gasteiger partial charge in [0, 0.05) is 43.4 Å². The highest BCUT2D eigenvalue weighted by atomic mass is 79.9. The Morgan fingerprint density at radius 3 is 2.25 bits per heavy atom. The quantitative estimate of drug-likeness (QED) is 0.109. The number of sulfonamides is 2. The normalized spacial score (nSPS) is 17.3. The van der Waals surface area contributed by atoms with Crippen molar-refractivity contribution in [3.05, 3.63) is 44.3 Å². The molecule has 284 valence electrons. The fourth-order valence-electron chi connectivity index (χ4n) is 6.28. The summed E-state index contributed by atoms with van der Waals surface area (Å²) in [7, 11) is -7.70. The zero-order valence-electron chi connectivity index (χ0n) is 28.1. The molecule has 1 amide bonds. The second kappa shape index (κ2) is 19.5. The van der Waals surface area contributed by atoms with Gasteiger partial charge in [0.25, 0.3) is 10.0 Å². The Kier molecular flexibility index (Phi) is 16.0. The molecule has 0 radical (unpaired) electrons.